The molecule has 16 heavy (non-hydrogen) atoms. The van der Waals surface area contributed by atoms with Crippen molar-refractivity contribution in [1.82, 2.24) is 9.78 Å². The first-order valence-electron chi connectivity index (χ1n) is 5.94. The predicted octanol–water partition coefficient (Wildman–Crippen LogP) is 1.28. The number of nitrogens with zero attached hydrogens (tertiary/aromatic N) is 2. The third-order valence-corrected chi connectivity index (χ3v) is 3.39. The van der Waals surface area contributed by atoms with Crippen molar-refractivity contribution in [3.8, 4) is 0 Å². The SMILES string of the molecule is CCOC1CC(O)(CCc2ccnn2C)C1. The lowest BCUT2D eigenvalue weighted by Crippen LogP contribution is -2.48. The molecule has 4 nitrogen and oxygen atoms in total. The van der Waals surface area contributed by atoms with Crippen LogP contribution >= 0.6 is 0 Å². The lowest BCUT2D eigenvalue weighted by molar-refractivity contribution is -0.140. The summed E-state index contributed by atoms with van der Waals surface area (Å²) in [6, 6.07) is 2.00. The van der Waals surface area contributed by atoms with Gasteiger partial charge in [0.25, 0.3) is 0 Å². The fraction of sp³-hybridized carbons (Fsp3) is 0.750. The summed E-state index contributed by atoms with van der Waals surface area (Å²) < 4.78 is 7.32. The second-order valence-corrected chi connectivity index (χ2v) is 4.66. The average Bonchev–Trinajstić information content (AvgIpc) is 2.59. The van der Waals surface area contributed by atoms with Crippen LogP contribution in [0.15, 0.2) is 12.3 Å². The molecule has 1 aliphatic rings. The number of hydrogen-bond donors (Lipinski definition) is 1. The molecule has 1 fully saturated rings. The first-order valence-corrected chi connectivity index (χ1v) is 5.94. The third kappa shape index (κ3) is 2.44. The molecular formula is C12H20N2O2. The smallest absolute Gasteiger partial charge is 0.0700 e. The van der Waals surface area contributed by atoms with Crippen molar-refractivity contribution < 1.29 is 9.84 Å². The molecule has 0 bridgehead atoms. The van der Waals surface area contributed by atoms with E-state index in [9.17, 15) is 5.11 Å². The summed E-state index contributed by atoms with van der Waals surface area (Å²) in [4.78, 5) is 0. The minimum absolute atomic E-state index is 0.265. The maximum absolute atomic E-state index is 10.2. The molecule has 0 spiro atoms. The molecule has 2 rings (SSSR count). The maximum atomic E-state index is 10.2. The topological polar surface area (TPSA) is 47.3 Å². The van der Waals surface area contributed by atoms with Crippen LogP contribution in [0.1, 0.15) is 31.9 Å². The molecule has 0 amide bonds. The van der Waals surface area contributed by atoms with Gasteiger partial charge in [0, 0.05) is 38.4 Å². The Labute approximate surface area is 96.2 Å². The van der Waals surface area contributed by atoms with Crippen molar-refractivity contribution in [3.63, 3.8) is 0 Å². The van der Waals surface area contributed by atoms with Gasteiger partial charge in [-0.3, -0.25) is 4.68 Å². The zero-order valence-electron chi connectivity index (χ0n) is 10.0. The van der Waals surface area contributed by atoms with Crippen molar-refractivity contribution >= 4 is 0 Å². The van der Waals surface area contributed by atoms with Crippen molar-refractivity contribution in [2.75, 3.05) is 6.61 Å². The van der Waals surface area contributed by atoms with Crippen LogP contribution in [0.2, 0.25) is 0 Å². The quantitative estimate of drug-likeness (QED) is 0.819. The molecule has 0 unspecified atom stereocenters. The molecule has 0 aromatic carbocycles. The Bertz CT molecular complexity index is 343. The second kappa shape index (κ2) is 4.55. The standard InChI is InChI=1S/C12H20N2O2/c1-3-16-11-8-12(15,9-11)6-4-10-5-7-13-14(10)2/h5,7,11,15H,3-4,6,8-9H2,1-2H3. The molecule has 4 heteroatoms. The number of aryl methyl sites for hydroxylation is 2. The van der Waals surface area contributed by atoms with Crippen LogP contribution in [0, 0.1) is 0 Å². The lowest BCUT2D eigenvalue weighted by Gasteiger charge is -2.43. The second-order valence-electron chi connectivity index (χ2n) is 4.66. The highest BCUT2D eigenvalue weighted by molar-refractivity contribution is 5.04. The summed E-state index contributed by atoms with van der Waals surface area (Å²) >= 11 is 0. The molecule has 1 aromatic rings. The number of ether oxygens (including phenoxy) is 1. The molecule has 0 atom stereocenters. The van der Waals surface area contributed by atoms with Crippen LogP contribution in [0.3, 0.4) is 0 Å². The molecule has 1 heterocycles. The summed E-state index contributed by atoms with van der Waals surface area (Å²) in [5, 5.41) is 14.3. The Morgan fingerprint density at radius 2 is 2.38 bits per heavy atom. The van der Waals surface area contributed by atoms with E-state index in [2.05, 4.69) is 5.10 Å². The van der Waals surface area contributed by atoms with Crippen molar-refractivity contribution in [1.29, 1.82) is 0 Å². The van der Waals surface area contributed by atoms with Crippen molar-refractivity contribution in [3.05, 3.63) is 18.0 Å². The Hall–Kier alpha value is -0.870. The molecule has 0 saturated heterocycles. The Balaban J connectivity index is 1.77. The van der Waals surface area contributed by atoms with Crippen LogP contribution in [0.25, 0.3) is 0 Å². The van der Waals surface area contributed by atoms with E-state index in [-0.39, 0.29) is 6.10 Å². The van der Waals surface area contributed by atoms with Crippen LogP contribution in [0.5, 0.6) is 0 Å². The van der Waals surface area contributed by atoms with Crippen LogP contribution in [0.4, 0.5) is 0 Å². The monoisotopic (exact) mass is 224 g/mol. The minimum atomic E-state index is -0.510. The first kappa shape index (κ1) is 11.6. The molecule has 1 saturated carbocycles. The van der Waals surface area contributed by atoms with Gasteiger partial charge in [-0.15, -0.1) is 0 Å². The summed E-state index contributed by atoms with van der Waals surface area (Å²) in [6.07, 6.45) is 5.30. The van der Waals surface area contributed by atoms with Gasteiger partial charge in [-0.25, -0.2) is 0 Å². The highest BCUT2D eigenvalue weighted by Crippen LogP contribution is 2.37. The van der Waals surface area contributed by atoms with Crippen molar-refractivity contribution in [2.45, 2.75) is 44.3 Å². The maximum Gasteiger partial charge on any atom is 0.0700 e. The number of rotatable bonds is 5. The van der Waals surface area contributed by atoms with Gasteiger partial charge in [-0.2, -0.15) is 5.10 Å². The van der Waals surface area contributed by atoms with Gasteiger partial charge in [0.2, 0.25) is 0 Å². The molecular weight excluding hydrogens is 204 g/mol. The van der Waals surface area contributed by atoms with E-state index in [0.29, 0.717) is 0 Å². The van der Waals surface area contributed by atoms with Crippen molar-refractivity contribution in [2.24, 2.45) is 7.05 Å². The summed E-state index contributed by atoms with van der Waals surface area (Å²) in [7, 11) is 1.93. The van der Waals surface area contributed by atoms with Crippen LogP contribution in [-0.4, -0.2) is 33.2 Å². The van der Waals surface area contributed by atoms with Gasteiger partial charge in [0.05, 0.1) is 11.7 Å². The van der Waals surface area contributed by atoms with E-state index in [0.717, 1.165) is 32.3 Å². The molecule has 90 valence electrons. The fourth-order valence-corrected chi connectivity index (χ4v) is 2.35. The van der Waals surface area contributed by atoms with E-state index in [1.54, 1.807) is 6.20 Å². The van der Waals surface area contributed by atoms with Gasteiger partial charge in [-0.1, -0.05) is 0 Å². The molecule has 1 N–H and O–H groups in total. The average molecular weight is 224 g/mol. The van der Waals surface area contributed by atoms with Gasteiger partial charge < -0.3 is 9.84 Å². The zero-order chi connectivity index (χ0) is 11.6. The fourth-order valence-electron chi connectivity index (χ4n) is 2.35. The third-order valence-electron chi connectivity index (χ3n) is 3.39. The van der Waals surface area contributed by atoms with Gasteiger partial charge in [-0.05, 0) is 25.8 Å². The van der Waals surface area contributed by atoms with Gasteiger partial charge >= 0.3 is 0 Å². The first-order chi connectivity index (χ1) is 7.63. The van der Waals surface area contributed by atoms with E-state index >= 15 is 0 Å². The normalized spacial score (nSPS) is 29.1. The highest BCUT2D eigenvalue weighted by atomic mass is 16.5. The number of aliphatic hydroxyl groups is 1. The van der Waals surface area contributed by atoms with E-state index in [4.69, 9.17) is 4.74 Å². The van der Waals surface area contributed by atoms with E-state index in [1.165, 1.54) is 5.69 Å². The minimum Gasteiger partial charge on any atom is -0.390 e. The van der Waals surface area contributed by atoms with Gasteiger partial charge in [0.15, 0.2) is 0 Å². The lowest BCUT2D eigenvalue weighted by atomic mass is 9.74. The Morgan fingerprint density at radius 3 is 2.94 bits per heavy atom. The van der Waals surface area contributed by atoms with E-state index in [1.807, 2.05) is 24.7 Å². The van der Waals surface area contributed by atoms with E-state index < -0.39 is 5.60 Å². The van der Waals surface area contributed by atoms with Crippen LogP contribution < -0.4 is 0 Å². The zero-order valence-corrected chi connectivity index (χ0v) is 10.0. The summed E-state index contributed by atoms with van der Waals surface area (Å²) in [6.45, 7) is 2.73. The Morgan fingerprint density at radius 1 is 1.62 bits per heavy atom. The largest absolute Gasteiger partial charge is 0.390 e. The van der Waals surface area contributed by atoms with Gasteiger partial charge in [0.1, 0.15) is 0 Å². The number of aromatic nitrogens is 2. The number of hydrogen-bond acceptors (Lipinski definition) is 3. The van der Waals surface area contributed by atoms with Crippen LogP contribution in [-0.2, 0) is 18.2 Å². The summed E-state index contributed by atoms with van der Waals surface area (Å²) in [5.74, 6) is 0. The molecule has 0 aliphatic heterocycles. The summed E-state index contributed by atoms with van der Waals surface area (Å²) in [5.41, 5.74) is 0.665. The predicted molar refractivity (Wildman–Crippen MR) is 61.1 cm³/mol. The molecule has 1 aromatic heterocycles. The highest BCUT2D eigenvalue weighted by Gasteiger charge is 2.42. The Kier molecular flexibility index (Phi) is 3.30. The molecule has 0 radical (unpaired) electrons. The molecule has 1 aliphatic carbocycles.